The first-order valence-electron chi connectivity index (χ1n) is 12.3. The minimum absolute atomic E-state index is 0.0234. The molecule has 0 aromatic heterocycles. The summed E-state index contributed by atoms with van der Waals surface area (Å²) in [5, 5.41) is 3.34. The number of nitrogens with one attached hydrogen (secondary N) is 1. The van der Waals surface area contributed by atoms with Crippen LogP contribution in [0.4, 0.5) is 5.69 Å². The molecular formula is C29H28ClNO5. The first kappa shape index (κ1) is 24.3. The molecule has 1 aliphatic heterocycles. The summed E-state index contributed by atoms with van der Waals surface area (Å²) in [4.78, 5) is 38.9. The third-order valence-electron chi connectivity index (χ3n) is 6.94. The molecule has 1 amide bonds. The molecule has 3 aliphatic rings. The number of hydrogen-bond acceptors (Lipinski definition) is 5. The number of carbonyl (C=O) groups is 3. The molecule has 5 rings (SSSR count). The second-order valence-electron chi connectivity index (χ2n) is 9.60. The predicted molar refractivity (Wildman–Crippen MR) is 137 cm³/mol. The second-order valence-corrected chi connectivity index (χ2v) is 10.0. The molecule has 2 aromatic rings. The maximum absolute atomic E-state index is 13.1. The minimum Gasteiger partial charge on any atom is -0.483 e. The van der Waals surface area contributed by atoms with E-state index in [4.69, 9.17) is 21.1 Å². The lowest BCUT2D eigenvalue weighted by molar-refractivity contribution is -0.119. The lowest BCUT2D eigenvalue weighted by Gasteiger charge is -2.36. The zero-order chi connectivity index (χ0) is 25.4. The van der Waals surface area contributed by atoms with Crippen LogP contribution in [-0.2, 0) is 19.1 Å². The van der Waals surface area contributed by atoms with Crippen LogP contribution in [0.1, 0.15) is 61.1 Å². The van der Waals surface area contributed by atoms with Gasteiger partial charge in [0.05, 0.1) is 5.92 Å². The standard InChI is InChI=1S/C29H28ClNO5/c1-16-9-11-20(17(2)13-16)31-26(34)15-35-23-12-10-18(30)14-19(23)27-28-21(32)5-3-7-24(28)36-25-8-4-6-22(33)29(25)27/h9-14,27H,3-8,15H2,1-2H3,(H,31,34). The van der Waals surface area contributed by atoms with E-state index < -0.39 is 5.92 Å². The number of rotatable bonds is 5. The maximum atomic E-state index is 13.1. The Balaban J connectivity index is 1.48. The predicted octanol–water partition coefficient (Wildman–Crippen LogP) is 6.10. The highest BCUT2D eigenvalue weighted by atomic mass is 35.5. The molecule has 0 unspecified atom stereocenters. The average Bonchev–Trinajstić information content (AvgIpc) is 2.84. The van der Waals surface area contributed by atoms with E-state index in [1.54, 1.807) is 18.2 Å². The Morgan fingerprint density at radius 1 is 0.972 bits per heavy atom. The molecule has 36 heavy (non-hydrogen) atoms. The molecule has 0 saturated carbocycles. The van der Waals surface area contributed by atoms with E-state index in [1.807, 2.05) is 32.0 Å². The van der Waals surface area contributed by atoms with E-state index in [2.05, 4.69) is 5.32 Å². The van der Waals surface area contributed by atoms with Gasteiger partial charge in [-0.3, -0.25) is 14.4 Å². The van der Waals surface area contributed by atoms with Crippen molar-refractivity contribution in [3.8, 4) is 5.75 Å². The molecule has 0 atom stereocenters. The van der Waals surface area contributed by atoms with Crippen molar-refractivity contribution in [1.29, 1.82) is 0 Å². The smallest absolute Gasteiger partial charge is 0.262 e. The molecule has 2 aliphatic carbocycles. The zero-order valence-electron chi connectivity index (χ0n) is 20.4. The monoisotopic (exact) mass is 505 g/mol. The van der Waals surface area contributed by atoms with Crippen LogP contribution in [0.15, 0.2) is 59.1 Å². The fourth-order valence-electron chi connectivity index (χ4n) is 5.29. The summed E-state index contributed by atoms with van der Waals surface area (Å²) in [6.45, 7) is 3.70. The van der Waals surface area contributed by atoms with Crippen LogP contribution < -0.4 is 10.1 Å². The highest BCUT2D eigenvalue weighted by Gasteiger charge is 2.42. The van der Waals surface area contributed by atoms with Gasteiger partial charge in [0.15, 0.2) is 18.2 Å². The quantitative estimate of drug-likeness (QED) is 0.530. The molecule has 6 nitrogen and oxygen atoms in total. The Morgan fingerprint density at radius 2 is 1.64 bits per heavy atom. The number of Topliss-reactive ketones (excluding diaryl/α,β-unsaturated/α-hetero) is 2. The van der Waals surface area contributed by atoms with Gasteiger partial charge in [0.1, 0.15) is 17.3 Å². The van der Waals surface area contributed by atoms with Crippen LogP contribution in [0.25, 0.3) is 0 Å². The SMILES string of the molecule is Cc1ccc(NC(=O)COc2ccc(Cl)cc2C2C3=C(CCCC3=O)OC3=C2C(=O)CCC3)c(C)c1. The Bertz CT molecular complexity index is 1300. The summed E-state index contributed by atoms with van der Waals surface area (Å²) in [6.07, 6.45) is 3.56. The number of hydrogen-bond donors (Lipinski definition) is 1. The van der Waals surface area contributed by atoms with Gasteiger partial charge in [0.25, 0.3) is 5.91 Å². The van der Waals surface area contributed by atoms with Gasteiger partial charge in [-0.1, -0.05) is 29.3 Å². The van der Waals surface area contributed by atoms with Crippen molar-refractivity contribution in [3.05, 3.63) is 80.8 Å². The number of ether oxygens (including phenoxy) is 2. The number of aryl methyl sites for hydroxylation is 2. The van der Waals surface area contributed by atoms with Gasteiger partial charge >= 0.3 is 0 Å². The molecule has 0 spiro atoms. The van der Waals surface area contributed by atoms with Gasteiger partial charge < -0.3 is 14.8 Å². The van der Waals surface area contributed by atoms with Crippen molar-refractivity contribution < 1.29 is 23.9 Å². The molecule has 186 valence electrons. The van der Waals surface area contributed by atoms with Gasteiger partial charge in [-0.15, -0.1) is 0 Å². The fraction of sp³-hybridized carbons (Fsp3) is 0.345. The normalized spacial score (nSPS) is 18.0. The summed E-state index contributed by atoms with van der Waals surface area (Å²) in [5.74, 6) is 0.732. The summed E-state index contributed by atoms with van der Waals surface area (Å²) >= 11 is 6.39. The Hall–Kier alpha value is -3.38. The lowest BCUT2D eigenvalue weighted by Crippen LogP contribution is -2.30. The maximum Gasteiger partial charge on any atom is 0.262 e. The van der Waals surface area contributed by atoms with Crippen molar-refractivity contribution in [3.63, 3.8) is 0 Å². The second kappa shape index (κ2) is 9.94. The van der Waals surface area contributed by atoms with E-state index >= 15 is 0 Å². The molecule has 7 heteroatoms. The van der Waals surface area contributed by atoms with E-state index in [9.17, 15) is 14.4 Å². The van der Waals surface area contributed by atoms with E-state index in [0.29, 0.717) is 64.7 Å². The number of carbonyl (C=O) groups excluding carboxylic acids is 3. The first-order chi connectivity index (χ1) is 17.3. The molecule has 1 N–H and O–H groups in total. The van der Waals surface area contributed by atoms with Gasteiger partial charge in [-0.25, -0.2) is 0 Å². The van der Waals surface area contributed by atoms with E-state index in [-0.39, 0.29) is 24.1 Å². The Labute approximate surface area is 215 Å². The summed E-state index contributed by atoms with van der Waals surface area (Å²) in [5.41, 5.74) is 4.43. The van der Waals surface area contributed by atoms with Crippen LogP contribution in [0.2, 0.25) is 5.02 Å². The van der Waals surface area contributed by atoms with E-state index in [1.165, 1.54) is 0 Å². The van der Waals surface area contributed by atoms with Crippen LogP contribution in [0, 0.1) is 13.8 Å². The van der Waals surface area contributed by atoms with Crippen molar-refractivity contribution >= 4 is 34.8 Å². The molecule has 0 radical (unpaired) electrons. The van der Waals surface area contributed by atoms with Gasteiger partial charge in [-0.05, 0) is 56.5 Å². The topological polar surface area (TPSA) is 81.7 Å². The molecule has 0 saturated heterocycles. The van der Waals surface area contributed by atoms with Crippen LogP contribution in [0.3, 0.4) is 0 Å². The number of benzene rings is 2. The fourth-order valence-corrected chi connectivity index (χ4v) is 5.47. The molecule has 0 bridgehead atoms. The summed E-state index contributed by atoms with van der Waals surface area (Å²) in [6, 6.07) is 10.9. The van der Waals surface area contributed by atoms with Gasteiger partial charge in [0.2, 0.25) is 0 Å². The number of halogens is 1. The summed E-state index contributed by atoms with van der Waals surface area (Å²) in [7, 11) is 0. The number of allylic oxidation sites excluding steroid dienone is 4. The van der Waals surface area contributed by atoms with Gasteiger partial charge in [-0.2, -0.15) is 0 Å². The molecule has 1 heterocycles. The third-order valence-corrected chi connectivity index (χ3v) is 7.17. The molecule has 0 fully saturated rings. The van der Waals surface area contributed by atoms with Crippen molar-refractivity contribution in [2.24, 2.45) is 0 Å². The highest BCUT2D eigenvalue weighted by molar-refractivity contribution is 6.30. The zero-order valence-corrected chi connectivity index (χ0v) is 21.2. The van der Waals surface area contributed by atoms with Crippen molar-refractivity contribution in [2.45, 2.75) is 58.3 Å². The number of amides is 1. The highest BCUT2D eigenvalue weighted by Crippen LogP contribution is 2.50. The molecule has 2 aromatic carbocycles. The summed E-state index contributed by atoms with van der Waals surface area (Å²) < 4.78 is 12.1. The van der Waals surface area contributed by atoms with Crippen molar-refractivity contribution in [2.75, 3.05) is 11.9 Å². The Morgan fingerprint density at radius 3 is 2.28 bits per heavy atom. The number of anilines is 1. The van der Waals surface area contributed by atoms with Gasteiger partial charge in [0, 0.05) is 53.1 Å². The minimum atomic E-state index is -0.611. The Kier molecular flexibility index (Phi) is 6.71. The molecular weight excluding hydrogens is 478 g/mol. The average molecular weight is 506 g/mol. The lowest BCUT2D eigenvalue weighted by atomic mass is 9.73. The van der Waals surface area contributed by atoms with Crippen LogP contribution in [-0.4, -0.2) is 24.1 Å². The van der Waals surface area contributed by atoms with Crippen molar-refractivity contribution in [1.82, 2.24) is 0 Å². The largest absolute Gasteiger partial charge is 0.483 e. The number of ketones is 2. The van der Waals surface area contributed by atoms with E-state index in [0.717, 1.165) is 29.7 Å². The van der Waals surface area contributed by atoms with Crippen LogP contribution >= 0.6 is 11.6 Å². The first-order valence-corrected chi connectivity index (χ1v) is 12.7. The van der Waals surface area contributed by atoms with Crippen LogP contribution in [0.5, 0.6) is 5.75 Å². The third kappa shape index (κ3) is 4.70.